The number of ether oxygens (including phenoxy) is 2. The van der Waals surface area contributed by atoms with Crippen molar-refractivity contribution in [1.82, 2.24) is 0 Å². The molecule has 1 heterocycles. The molecule has 4 unspecified atom stereocenters. The summed E-state index contributed by atoms with van der Waals surface area (Å²) in [6.45, 7) is 13.3. The molecule has 0 N–H and O–H groups in total. The van der Waals surface area contributed by atoms with Crippen LogP contribution in [0.15, 0.2) is 0 Å². The summed E-state index contributed by atoms with van der Waals surface area (Å²) in [4.78, 5) is 0. The van der Waals surface area contributed by atoms with Crippen molar-refractivity contribution in [2.24, 2.45) is 11.3 Å². The summed E-state index contributed by atoms with van der Waals surface area (Å²) in [5.41, 5.74) is 0.143. The molecule has 90 valence electrons. The Balaban J connectivity index is 2.85. The van der Waals surface area contributed by atoms with Crippen LogP contribution < -0.4 is 0 Å². The number of hydrogen-bond donors (Lipinski definition) is 0. The lowest BCUT2D eigenvalue weighted by Crippen LogP contribution is -2.53. The van der Waals surface area contributed by atoms with Crippen LogP contribution in [0.3, 0.4) is 0 Å². The minimum Gasteiger partial charge on any atom is -0.378 e. The fraction of sp³-hybridized carbons (Fsp3) is 1.00. The highest BCUT2D eigenvalue weighted by atomic mass is 16.5. The van der Waals surface area contributed by atoms with Gasteiger partial charge in [0.05, 0.1) is 17.8 Å². The summed E-state index contributed by atoms with van der Waals surface area (Å²) in [5.74, 6) is 0.445. The predicted molar refractivity (Wildman–Crippen MR) is 63.0 cm³/mol. The minimum atomic E-state index is -0.0460. The molecule has 4 atom stereocenters. The molecular formula is C13H26O2. The highest BCUT2D eigenvalue weighted by Crippen LogP contribution is 2.41. The number of hydrogen-bond acceptors (Lipinski definition) is 2. The Labute approximate surface area is 94.3 Å². The lowest BCUT2D eigenvalue weighted by molar-refractivity contribution is -0.203. The summed E-state index contributed by atoms with van der Waals surface area (Å²) in [7, 11) is 1.81. The molecule has 0 amide bonds. The van der Waals surface area contributed by atoms with E-state index in [4.69, 9.17) is 9.47 Å². The summed E-state index contributed by atoms with van der Waals surface area (Å²) in [5, 5.41) is 0. The zero-order valence-electron chi connectivity index (χ0n) is 11.3. The van der Waals surface area contributed by atoms with Crippen LogP contribution >= 0.6 is 0 Å². The smallest absolute Gasteiger partial charge is 0.0725 e. The second-order valence-corrected chi connectivity index (χ2v) is 6.21. The predicted octanol–water partition coefficient (Wildman–Crippen LogP) is 3.25. The molecule has 1 fully saturated rings. The van der Waals surface area contributed by atoms with E-state index in [1.807, 2.05) is 7.11 Å². The molecular weight excluding hydrogens is 188 g/mol. The van der Waals surface area contributed by atoms with Crippen molar-refractivity contribution in [3.63, 3.8) is 0 Å². The lowest BCUT2D eigenvalue weighted by Gasteiger charge is -2.49. The summed E-state index contributed by atoms with van der Waals surface area (Å²) < 4.78 is 11.8. The Kier molecular flexibility index (Phi) is 3.52. The average molecular weight is 214 g/mol. The first-order valence-electron chi connectivity index (χ1n) is 5.91. The standard InChI is InChI=1S/C13H26O2/c1-9-10(2)15-11(12(3,4)5)8-13(9,6)14-7/h9-11H,8H2,1-7H3. The highest BCUT2D eigenvalue weighted by molar-refractivity contribution is 4.95. The maximum Gasteiger partial charge on any atom is 0.0725 e. The van der Waals surface area contributed by atoms with Crippen LogP contribution in [-0.4, -0.2) is 24.9 Å². The van der Waals surface area contributed by atoms with Gasteiger partial charge in [-0.2, -0.15) is 0 Å². The van der Waals surface area contributed by atoms with Gasteiger partial charge in [0.2, 0.25) is 0 Å². The van der Waals surface area contributed by atoms with Crippen molar-refractivity contribution in [2.45, 2.75) is 65.8 Å². The van der Waals surface area contributed by atoms with Gasteiger partial charge in [0, 0.05) is 19.4 Å². The fourth-order valence-electron chi connectivity index (χ4n) is 2.26. The van der Waals surface area contributed by atoms with E-state index in [0.29, 0.717) is 5.92 Å². The van der Waals surface area contributed by atoms with E-state index < -0.39 is 0 Å². The van der Waals surface area contributed by atoms with Gasteiger partial charge in [-0.25, -0.2) is 0 Å². The topological polar surface area (TPSA) is 18.5 Å². The molecule has 0 bridgehead atoms. The molecule has 0 spiro atoms. The maximum absolute atomic E-state index is 6.08. The molecule has 2 nitrogen and oxygen atoms in total. The largest absolute Gasteiger partial charge is 0.378 e. The van der Waals surface area contributed by atoms with E-state index in [2.05, 4.69) is 41.5 Å². The zero-order chi connectivity index (χ0) is 11.9. The molecule has 1 aliphatic heterocycles. The molecule has 1 rings (SSSR count). The van der Waals surface area contributed by atoms with Crippen LogP contribution in [-0.2, 0) is 9.47 Å². The van der Waals surface area contributed by atoms with Gasteiger partial charge in [-0.1, -0.05) is 27.7 Å². The maximum atomic E-state index is 6.08. The fourth-order valence-corrected chi connectivity index (χ4v) is 2.26. The molecule has 1 saturated heterocycles. The van der Waals surface area contributed by atoms with Crippen molar-refractivity contribution >= 4 is 0 Å². The quantitative estimate of drug-likeness (QED) is 0.667. The van der Waals surface area contributed by atoms with Crippen molar-refractivity contribution in [3.05, 3.63) is 0 Å². The zero-order valence-corrected chi connectivity index (χ0v) is 11.3. The Morgan fingerprint density at radius 1 is 1.27 bits per heavy atom. The van der Waals surface area contributed by atoms with E-state index in [1.54, 1.807) is 0 Å². The molecule has 0 aromatic heterocycles. The third-order valence-corrected chi connectivity index (χ3v) is 4.07. The van der Waals surface area contributed by atoms with Crippen molar-refractivity contribution in [3.8, 4) is 0 Å². The van der Waals surface area contributed by atoms with Gasteiger partial charge >= 0.3 is 0 Å². The summed E-state index contributed by atoms with van der Waals surface area (Å²) in [6, 6.07) is 0. The normalized spacial score (nSPS) is 43.0. The molecule has 0 aromatic rings. The van der Waals surface area contributed by atoms with Crippen LogP contribution in [0.5, 0.6) is 0 Å². The van der Waals surface area contributed by atoms with Gasteiger partial charge in [-0.05, 0) is 19.3 Å². The van der Waals surface area contributed by atoms with E-state index in [1.165, 1.54) is 0 Å². The van der Waals surface area contributed by atoms with Crippen LogP contribution in [0.2, 0.25) is 0 Å². The highest BCUT2D eigenvalue weighted by Gasteiger charge is 2.45. The first-order chi connectivity index (χ1) is 6.70. The van der Waals surface area contributed by atoms with Crippen LogP contribution in [0, 0.1) is 11.3 Å². The van der Waals surface area contributed by atoms with E-state index in [9.17, 15) is 0 Å². The molecule has 0 aromatic carbocycles. The van der Waals surface area contributed by atoms with Gasteiger partial charge in [0.25, 0.3) is 0 Å². The molecule has 1 aliphatic rings. The molecule has 0 saturated carbocycles. The van der Waals surface area contributed by atoms with Crippen molar-refractivity contribution in [1.29, 1.82) is 0 Å². The van der Waals surface area contributed by atoms with E-state index >= 15 is 0 Å². The Morgan fingerprint density at radius 2 is 1.80 bits per heavy atom. The molecule has 2 heteroatoms. The number of rotatable bonds is 1. The van der Waals surface area contributed by atoms with Gasteiger partial charge in [0.15, 0.2) is 0 Å². The lowest BCUT2D eigenvalue weighted by atomic mass is 9.73. The Morgan fingerprint density at radius 3 is 2.20 bits per heavy atom. The monoisotopic (exact) mass is 214 g/mol. The summed E-state index contributed by atoms with van der Waals surface area (Å²) in [6.07, 6.45) is 1.54. The second-order valence-electron chi connectivity index (χ2n) is 6.21. The van der Waals surface area contributed by atoms with E-state index in [0.717, 1.165) is 6.42 Å². The Hall–Kier alpha value is -0.0800. The third kappa shape index (κ3) is 2.54. The number of methoxy groups -OCH3 is 1. The van der Waals surface area contributed by atoms with E-state index in [-0.39, 0.29) is 23.2 Å². The summed E-state index contributed by atoms with van der Waals surface area (Å²) >= 11 is 0. The van der Waals surface area contributed by atoms with Crippen LogP contribution in [0.25, 0.3) is 0 Å². The molecule has 15 heavy (non-hydrogen) atoms. The Bertz CT molecular complexity index is 219. The van der Waals surface area contributed by atoms with Gasteiger partial charge in [-0.15, -0.1) is 0 Å². The first kappa shape index (κ1) is 13.0. The average Bonchev–Trinajstić information content (AvgIpc) is 2.12. The van der Waals surface area contributed by atoms with Gasteiger partial charge < -0.3 is 9.47 Å². The SMILES string of the molecule is COC1(C)CC(C(C)(C)C)OC(C)C1C. The first-order valence-corrected chi connectivity index (χ1v) is 5.91. The minimum absolute atomic E-state index is 0.0460. The van der Waals surface area contributed by atoms with Gasteiger partial charge in [0.1, 0.15) is 0 Å². The van der Waals surface area contributed by atoms with Crippen LogP contribution in [0.4, 0.5) is 0 Å². The second kappa shape index (κ2) is 4.06. The van der Waals surface area contributed by atoms with Gasteiger partial charge in [-0.3, -0.25) is 0 Å². The molecule has 0 radical (unpaired) electrons. The van der Waals surface area contributed by atoms with Crippen molar-refractivity contribution in [2.75, 3.05) is 7.11 Å². The third-order valence-electron chi connectivity index (χ3n) is 4.07. The molecule has 0 aliphatic carbocycles. The van der Waals surface area contributed by atoms with Crippen LogP contribution in [0.1, 0.15) is 48.0 Å². The van der Waals surface area contributed by atoms with Crippen molar-refractivity contribution < 1.29 is 9.47 Å².